The van der Waals surface area contributed by atoms with E-state index < -0.39 is 0 Å². The number of nitrogens with zero attached hydrogens (tertiary/aromatic N) is 2. The fraction of sp³-hybridized carbons (Fsp3) is 0.250. The molecule has 0 unspecified atom stereocenters. The van der Waals surface area contributed by atoms with Crippen molar-refractivity contribution in [2.45, 2.75) is 32.0 Å². The first-order valence-electron chi connectivity index (χ1n) is 8.11. The lowest BCUT2D eigenvalue weighted by molar-refractivity contribution is 0.852. The summed E-state index contributed by atoms with van der Waals surface area (Å²) < 4.78 is 0. The van der Waals surface area contributed by atoms with Gasteiger partial charge in [-0.3, -0.25) is 0 Å². The van der Waals surface area contributed by atoms with E-state index in [2.05, 4.69) is 67.3 Å². The van der Waals surface area contributed by atoms with Crippen LogP contribution in [0, 0.1) is 6.92 Å². The van der Waals surface area contributed by atoms with Crippen LogP contribution in [0.25, 0.3) is 10.9 Å². The molecule has 0 N–H and O–H groups in total. The number of hydrogen-bond donors (Lipinski definition) is 0. The zero-order chi connectivity index (χ0) is 15.8. The van der Waals surface area contributed by atoms with Gasteiger partial charge in [-0.05, 0) is 35.4 Å². The Labute approximate surface area is 141 Å². The highest BCUT2D eigenvalue weighted by Gasteiger charge is 2.24. The van der Waals surface area contributed by atoms with Crippen molar-refractivity contribution in [2.75, 3.05) is 10.7 Å². The van der Waals surface area contributed by atoms with Crippen LogP contribution >= 0.6 is 11.8 Å². The van der Waals surface area contributed by atoms with Crippen LogP contribution in [0.4, 0.5) is 5.69 Å². The van der Waals surface area contributed by atoms with Crippen molar-refractivity contribution >= 4 is 28.4 Å². The highest BCUT2D eigenvalue weighted by atomic mass is 32.2. The van der Waals surface area contributed by atoms with Gasteiger partial charge in [0.1, 0.15) is 5.03 Å². The summed E-state index contributed by atoms with van der Waals surface area (Å²) in [5.74, 6) is 1.04. The third kappa shape index (κ3) is 2.49. The number of aryl methyl sites for hydroxylation is 1. The maximum atomic E-state index is 4.95. The van der Waals surface area contributed by atoms with E-state index in [1.165, 1.54) is 27.8 Å². The van der Waals surface area contributed by atoms with Crippen LogP contribution in [-0.4, -0.2) is 10.7 Å². The van der Waals surface area contributed by atoms with E-state index >= 15 is 0 Å². The lowest BCUT2D eigenvalue weighted by atomic mass is 10.1. The van der Waals surface area contributed by atoms with Crippen LogP contribution < -0.4 is 4.90 Å². The Kier molecular flexibility index (Phi) is 3.74. The second-order valence-electron chi connectivity index (χ2n) is 5.97. The number of thioether (sulfide) groups is 1. The van der Waals surface area contributed by atoms with Crippen LogP contribution in [0.1, 0.15) is 23.6 Å². The minimum atomic E-state index is 0.980. The molecule has 0 bridgehead atoms. The molecule has 3 aromatic rings. The van der Waals surface area contributed by atoms with Crippen molar-refractivity contribution < 1.29 is 0 Å². The molecule has 4 rings (SSSR count). The number of benzene rings is 2. The van der Waals surface area contributed by atoms with Gasteiger partial charge in [0.25, 0.3) is 0 Å². The van der Waals surface area contributed by atoms with Crippen molar-refractivity contribution in [2.24, 2.45) is 0 Å². The van der Waals surface area contributed by atoms with Crippen LogP contribution in [-0.2, 0) is 13.1 Å². The molecule has 3 heteroatoms. The topological polar surface area (TPSA) is 16.1 Å². The molecule has 0 fully saturated rings. The summed E-state index contributed by atoms with van der Waals surface area (Å²) in [5.41, 5.74) is 6.63. The Balaban J connectivity index is 1.86. The Morgan fingerprint density at radius 1 is 1.00 bits per heavy atom. The van der Waals surface area contributed by atoms with Crippen LogP contribution in [0.2, 0.25) is 0 Å². The first-order valence-corrected chi connectivity index (χ1v) is 9.10. The predicted octanol–water partition coefficient (Wildman–Crippen LogP) is 5.18. The van der Waals surface area contributed by atoms with Gasteiger partial charge in [-0.25, -0.2) is 4.98 Å². The highest BCUT2D eigenvalue weighted by molar-refractivity contribution is 7.99. The molecule has 0 amide bonds. The predicted molar refractivity (Wildman–Crippen MR) is 99.2 cm³/mol. The van der Waals surface area contributed by atoms with Crippen molar-refractivity contribution in [1.82, 2.24) is 4.98 Å². The van der Waals surface area contributed by atoms with Gasteiger partial charge < -0.3 is 4.90 Å². The third-order valence-corrected chi connectivity index (χ3v) is 5.37. The lowest BCUT2D eigenvalue weighted by Crippen LogP contribution is -2.17. The van der Waals surface area contributed by atoms with Crippen LogP contribution in [0.15, 0.2) is 53.6 Å². The summed E-state index contributed by atoms with van der Waals surface area (Å²) in [6, 6.07) is 17.2. The summed E-state index contributed by atoms with van der Waals surface area (Å²) in [6.45, 7) is 6.39. The van der Waals surface area contributed by atoms with Gasteiger partial charge in [0.15, 0.2) is 0 Å². The van der Waals surface area contributed by atoms with Crippen LogP contribution in [0.5, 0.6) is 0 Å². The Morgan fingerprint density at radius 2 is 1.65 bits per heavy atom. The molecule has 2 aromatic carbocycles. The Morgan fingerprint density at radius 3 is 2.35 bits per heavy atom. The molecule has 0 saturated carbocycles. The van der Waals surface area contributed by atoms with E-state index in [0.717, 1.165) is 29.4 Å². The summed E-state index contributed by atoms with van der Waals surface area (Å²) in [4.78, 5) is 7.44. The van der Waals surface area contributed by atoms with Gasteiger partial charge >= 0.3 is 0 Å². The largest absolute Gasteiger partial charge is 0.360 e. The average molecular weight is 320 g/mol. The number of pyridine rings is 1. The standard InChI is InChI=1S/C20H20N2S/c1-3-23-20-19(14(2)17-10-6-7-11-18(17)21-20)22-12-15-8-4-5-9-16(15)13-22/h4-11H,3,12-13H2,1-2H3. The molecule has 0 atom stereocenters. The normalized spacial score (nSPS) is 13.6. The van der Waals surface area contributed by atoms with E-state index in [-0.39, 0.29) is 0 Å². The fourth-order valence-corrected chi connectivity index (χ4v) is 4.29. The Hall–Kier alpha value is -2.00. The number of hydrogen-bond acceptors (Lipinski definition) is 3. The molecule has 2 heterocycles. The summed E-state index contributed by atoms with van der Waals surface area (Å²) in [5, 5.41) is 2.43. The van der Waals surface area contributed by atoms with Gasteiger partial charge in [-0.2, -0.15) is 0 Å². The molecule has 116 valence electrons. The monoisotopic (exact) mass is 320 g/mol. The van der Waals surface area contributed by atoms with E-state index in [1.54, 1.807) is 0 Å². The van der Waals surface area contributed by atoms with Crippen molar-refractivity contribution in [3.63, 3.8) is 0 Å². The molecule has 2 nitrogen and oxygen atoms in total. The molecule has 1 aliphatic rings. The number of para-hydroxylation sites is 1. The first-order chi connectivity index (χ1) is 11.3. The van der Waals surface area contributed by atoms with Crippen molar-refractivity contribution in [3.8, 4) is 0 Å². The third-order valence-electron chi connectivity index (χ3n) is 4.53. The van der Waals surface area contributed by atoms with Crippen molar-refractivity contribution in [3.05, 3.63) is 65.2 Å². The number of anilines is 1. The van der Waals surface area contributed by atoms with E-state index in [4.69, 9.17) is 4.98 Å². The molecular weight excluding hydrogens is 300 g/mol. The van der Waals surface area contributed by atoms with E-state index in [9.17, 15) is 0 Å². The molecular formula is C20H20N2S. The lowest BCUT2D eigenvalue weighted by Gasteiger charge is -2.24. The van der Waals surface area contributed by atoms with Gasteiger partial charge in [0.05, 0.1) is 11.2 Å². The smallest absolute Gasteiger partial charge is 0.120 e. The summed E-state index contributed by atoms with van der Waals surface area (Å²) in [7, 11) is 0. The van der Waals surface area contributed by atoms with E-state index in [1.807, 2.05) is 11.8 Å². The number of aromatic nitrogens is 1. The highest BCUT2D eigenvalue weighted by Crippen LogP contribution is 2.39. The molecule has 1 aromatic heterocycles. The molecule has 0 saturated heterocycles. The second-order valence-corrected chi connectivity index (χ2v) is 7.22. The number of fused-ring (bicyclic) bond motifs is 2. The maximum Gasteiger partial charge on any atom is 0.120 e. The maximum absolute atomic E-state index is 4.95. The number of rotatable bonds is 3. The Bertz CT molecular complexity index is 848. The van der Waals surface area contributed by atoms with Gasteiger partial charge in [-0.15, -0.1) is 11.8 Å². The van der Waals surface area contributed by atoms with Crippen molar-refractivity contribution in [1.29, 1.82) is 0 Å². The molecule has 0 aliphatic carbocycles. The van der Waals surface area contributed by atoms with E-state index in [0.29, 0.717) is 0 Å². The zero-order valence-corrected chi connectivity index (χ0v) is 14.4. The fourth-order valence-electron chi connectivity index (χ4n) is 3.44. The van der Waals surface area contributed by atoms with Crippen LogP contribution in [0.3, 0.4) is 0 Å². The average Bonchev–Trinajstić information content (AvgIpc) is 2.99. The quantitative estimate of drug-likeness (QED) is 0.619. The summed E-state index contributed by atoms with van der Waals surface area (Å²) >= 11 is 1.84. The molecule has 0 radical (unpaired) electrons. The SMILES string of the molecule is CCSc1nc2ccccc2c(C)c1N1Cc2ccccc2C1. The minimum Gasteiger partial charge on any atom is -0.360 e. The zero-order valence-electron chi connectivity index (χ0n) is 13.5. The minimum absolute atomic E-state index is 0.980. The molecule has 0 spiro atoms. The summed E-state index contributed by atoms with van der Waals surface area (Å²) in [6.07, 6.45) is 0. The van der Waals surface area contributed by atoms with Gasteiger partial charge in [-0.1, -0.05) is 49.4 Å². The second kappa shape index (κ2) is 5.89. The molecule has 1 aliphatic heterocycles. The molecule has 23 heavy (non-hydrogen) atoms. The van der Waals surface area contributed by atoms with Gasteiger partial charge in [0.2, 0.25) is 0 Å². The first kappa shape index (κ1) is 14.6. The van der Waals surface area contributed by atoms with Gasteiger partial charge in [0, 0.05) is 18.5 Å².